The molecule has 0 spiro atoms. The molecule has 0 aliphatic rings. The Morgan fingerprint density at radius 3 is 1.59 bits per heavy atom. The topological polar surface area (TPSA) is 16.4 Å². The van der Waals surface area contributed by atoms with Gasteiger partial charge >= 0.3 is 0 Å². The summed E-state index contributed by atoms with van der Waals surface area (Å²) < 4.78 is 6.74. The zero-order valence-corrected chi connectivity index (χ0v) is 33.4. The Kier molecular flexibility index (Phi) is 8.53. The molecule has 0 bridgehead atoms. The summed E-state index contributed by atoms with van der Waals surface area (Å²) in [6.45, 7) is 0. The number of rotatable bonds is 8. The van der Waals surface area contributed by atoms with Crippen LogP contribution >= 0.6 is 0 Å². The minimum absolute atomic E-state index is 0.866. The van der Waals surface area contributed by atoms with E-state index < -0.39 is 8.07 Å². The molecule has 0 radical (unpaired) electrons. The lowest BCUT2D eigenvalue weighted by molar-refractivity contribution is 0.672. The van der Waals surface area contributed by atoms with Crippen LogP contribution in [0.2, 0.25) is 0 Å². The number of nitrogens with zero attached hydrogens (tertiary/aromatic N) is 1. The molecule has 10 aromatic carbocycles. The third-order valence-corrected chi connectivity index (χ3v) is 16.7. The molecule has 0 N–H and O–H groups in total. The third-order valence-electron chi connectivity index (χ3n) is 12.0. The van der Waals surface area contributed by atoms with E-state index in [1.807, 2.05) is 0 Å². The molecule has 0 aliphatic carbocycles. The van der Waals surface area contributed by atoms with Crippen molar-refractivity contribution in [2.45, 2.75) is 0 Å². The maximum atomic E-state index is 6.74. The molecule has 0 aliphatic heterocycles. The van der Waals surface area contributed by atoms with Crippen LogP contribution in [0.5, 0.6) is 0 Å². The number of hydrogen-bond donors (Lipinski definition) is 0. The summed E-state index contributed by atoms with van der Waals surface area (Å²) >= 11 is 0. The van der Waals surface area contributed by atoms with Gasteiger partial charge in [0.1, 0.15) is 11.2 Å². The standard InChI is InChI=1S/C56H39NOSi/c1-4-15-40(16-5-1)43-20-14-21-46(37-43)57(47-31-36-53-54-35-28-42-18-12-13-26-52(42)56(54)58-55(53)39-47)45-29-33-50(34-30-45)59(48-22-6-2-7-23-48,49-24-8-3-9-25-49)51-32-27-41-17-10-11-19-44(41)38-51/h1-39H. The number of anilines is 3. The first kappa shape index (κ1) is 34.8. The normalized spacial score (nSPS) is 11.7. The van der Waals surface area contributed by atoms with Crippen molar-refractivity contribution < 1.29 is 4.42 Å². The lowest BCUT2D eigenvalue weighted by Gasteiger charge is -2.35. The second-order valence-electron chi connectivity index (χ2n) is 15.3. The summed E-state index contributed by atoms with van der Waals surface area (Å²) in [7, 11) is -2.80. The number of furan rings is 1. The maximum Gasteiger partial charge on any atom is 0.179 e. The molecule has 0 unspecified atom stereocenters. The summed E-state index contributed by atoms with van der Waals surface area (Å²) in [5.74, 6) is 0. The highest BCUT2D eigenvalue weighted by Gasteiger charge is 2.41. The molecule has 59 heavy (non-hydrogen) atoms. The van der Waals surface area contributed by atoms with E-state index in [2.05, 4.69) is 241 Å². The van der Waals surface area contributed by atoms with Crippen LogP contribution in [0.4, 0.5) is 17.1 Å². The Hall–Kier alpha value is -7.46. The van der Waals surface area contributed by atoms with Gasteiger partial charge in [-0.25, -0.2) is 0 Å². The van der Waals surface area contributed by atoms with Gasteiger partial charge in [-0.2, -0.15) is 0 Å². The van der Waals surface area contributed by atoms with Gasteiger partial charge < -0.3 is 9.32 Å². The number of hydrogen-bond acceptors (Lipinski definition) is 2. The van der Waals surface area contributed by atoms with Crippen molar-refractivity contribution in [1.82, 2.24) is 0 Å². The van der Waals surface area contributed by atoms with E-state index in [0.717, 1.165) is 50.0 Å². The van der Waals surface area contributed by atoms with Gasteiger partial charge in [-0.15, -0.1) is 0 Å². The molecular weight excluding hydrogens is 731 g/mol. The fourth-order valence-electron chi connectivity index (χ4n) is 9.19. The van der Waals surface area contributed by atoms with Gasteiger partial charge in [0.25, 0.3) is 0 Å². The van der Waals surface area contributed by atoms with Crippen LogP contribution in [0, 0.1) is 0 Å². The third kappa shape index (κ3) is 5.94. The molecule has 1 aromatic heterocycles. The zero-order valence-electron chi connectivity index (χ0n) is 32.4. The van der Waals surface area contributed by atoms with Crippen molar-refractivity contribution >= 4 is 89.4 Å². The van der Waals surface area contributed by atoms with Gasteiger partial charge in [-0.3, -0.25) is 0 Å². The SMILES string of the molecule is c1ccc(-c2cccc(N(c3ccc([Si](c4ccccc4)(c4ccccc4)c4ccc5ccccc5c4)cc3)c3ccc4c(c3)oc3c5ccccc5ccc43)c2)cc1. The van der Waals surface area contributed by atoms with Crippen LogP contribution in [0.25, 0.3) is 54.6 Å². The molecular formula is C56H39NOSi. The molecule has 0 fully saturated rings. The van der Waals surface area contributed by atoms with Crippen LogP contribution in [0.15, 0.2) is 241 Å². The van der Waals surface area contributed by atoms with Crippen LogP contribution in [-0.2, 0) is 0 Å². The zero-order chi connectivity index (χ0) is 39.2. The molecule has 0 saturated carbocycles. The van der Waals surface area contributed by atoms with Crippen LogP contribution in [-0.4, -0.2) is 8.07 Å². The second kappa shape index (κ2) is 14.5. The van der Waals surface area contributed by atoms with Crippen molar-refractivity contribution in [3.8, 4) is 11.1 Å². The molecule has 2 nitrogen and oxygen atoms in total. The molecule has 0 atom stereocenters. The summed E-state index contributed by atoms with van der Waals surface area (Å²) in [5, 5.41) is 12.4. The minimum atomic E-state index is -2.80. The lowest BCUT2D eigenvalue weighted by Crippen LogP contribution is -2.74. The van der Waals surface area contributed by atoms with Gasteiger partial charge in [0.2, 0.25) is 0 Å². The van der Waals surface area contributed by atoms with Crippen molar-refractivity contribution in [1.29, 1.82) is 0 Å². The fourth-order valence-corrected chi connectivity index (χ4v) is 14.0. The van der Waals surface area contributed by atoms with Crippen molar-refractivity contribution in [3.05, 3.63) is 237 Å². The van der Waals surface area contributed by atoms with E-state index in [9.17, 15) is 0 Å². The van der Waals surface area contributed by atoms with E-state index >= 15 is 0 Å². The Labute approximate surface area is 344 Å². The molecule has 11 rings (SSSR count). The van der Waals surface area contributed by atoms with Gasteiger partial charge in [-0.1, -0.05) is 188 Å². The lowest BCUT2D eigenvalue weighted by atomic mass is 10.0. The Balaban J connectivity index is 1.12. The van der Waals surface area contributed by atoms with Gasteiger partial charge in [0, 0.05) is 39.3 Å². The van der Waals surface area contributed by atoms with Crippen molar-refractivity contribution in [2.24, 2.45) is 0 Å². The molecule has 0 saturated heterocycles. The van der Waals surface area contributed by atoms with E-state index in [1.165, 1.54) is 42.5 Å². The van der Waals surface area contributed by atoms with Gasteiger partial charge in [0.15, 0.2) is 8.07 Å². The summed E-state index contributed by atoms with van der Waals surface area (Å²) in [5.41, 5.74) is 7.31. The van der Waals surface area contributed by atoms with Gasteiger partial charge in [-0.05, 0) is 90.5 Å². The summed E-state index contributed by atoms with van der Waals surface area (Å²) in [6, 6.07) is 86.5. The number of benzene rings is 10. The molecule has 1 heterocycles. The smallest absolute Gasteiger partial charge is 0.179 e. The highest BCUT2D eigenvalue weighted by Crippen LogP contribution is 2.41. The largest absolute Gasteiger partial charge is 0.455 e. The summed E-state index contributed by atoms with van der Waals surface area (Å²) in [4.78, 5) is 2.37. The van der Waals surface area contributed by atoms with Crippen molar-refractivity contribution in [2.75, 3.05) is 4.90 Å². The Bertz CT molecular complexity index is 3230. The van der Waals surface area contributed by atoms with E-state index in [1.54, 1.807) is 0 Å². The fraction of sp³-hybridized carbons (Fsp3) is 0. The molecule has 0 amide bonds. The van der Waals surface area contributed by atoms with E-state index in [-0.39, 0.29) is 0 Å². The van der Waals surface area contributed by atoms with Crippen LogP contribution in [0.1, 0.15) is 0 Å². The Morgan fingerprint density at radius 2 is 0.847 bits per heavy atom. The first-order valence-corrected chi connectivity index (χ1v) is 22.2. The Morgan fingerprint density at radius 1 is 0.305 bits per heavy atom. The molecule has 3 heteroatoms. The van der Waals surface area contributed by atoms with Crippen molar-refractivity contribution in [3.63, 3.8) is 0 Å². The van der Waals surface area contributed by atoms with Crippen LogP contribution in [0.3, 0.4) is 0 Å². The van der Waals surface area contributed by atoms with E-state index in [0.29, 0.717) is 0 Å². The summed E-state index contributed by atoms with van der Waals surface area (Å²) in [6.07, 6.45) is 0. The molecule has 278 valence electrons. The predicted octanol–water partition coefficient (Wildman–Crippen LogP) is 12.4. The monoisotopic (exact) mass is 769 g/mol. The highest BCUT2D eigenvalue weighted by molar-refractivity contribution is 7.20. The molecule has 11 aromatic rings. The average Bonchev–Trinajstić information content (AvgIpc) is 3.70. The maximum absolute atomic E-state index is 6.74. The average molecular weight is 770 g/mol. The van der Waals surface area contributed by atoms with E-state index in [4.69, 9.17) is 4.42 Å². The highest BCUT2D eigenvalue weighted by atomic mass is 28.3. The number of fused-ring (bicyclic) bond motifs is 6. The van der Waals surface area contributed by atoms with Gasteiger partial charge in [0.05, 0.1) is 0 Å². The quantitative estimate of drug-likeness (QED) is 0.113. The second-order valence-corrected chi connectivity index (χ2v) is 19.1. The minimum Gasteiger partial charge on any atom is -0.455 e. The predicted molar refractivity (Wildman–Crippen MR) is 252 cm³/mol. The van der Waals surface area contributed by atoms with Crippen LogP contribution < -0.4 is 25.6 Å². The first-order valence-electron chi connectivity index (χ1n) is 20.2. The first-order chi connectivity index (χ1) is 29.2.